The van der Waals surface area contributed by atoms with Crippen LogP contribution < -0.4 is 5.73 Å². The molecule has 0 radical (unpaired) electrons. The Labute approximate surface area is 136 Å². The highest BCUT2D eigenvalue weighted by Gasteiger charge is 2.21. The largest absolute Gasteiger partial charge is 0.481 e. The van der Waals surface area contributed by atoms with Gasteiger partial charge in [0.15, 0.2) is 0 Å². The lowest BCUT2D eigenvalue weighted by Gasteiger charge is -2.15. The molecule has 0 aromatic heterocycles. The second-order valence-electron chi connectivity index (χ2n) is 5.57. The van der Waals surface area contributed by atoms with Crippen LogP contribution in [-0.2, 0) is 4.79 Å². The highest BCUT2D eigenvalue weighted by molar-refractivity contribution is 9.10. The smallest absolute Gasteiger partial charge is 0.311 e. The van der Waals surface area contributed by atoms with Gasteiger partial charge in [-0.1, -0.05) is 67.8 Å². The Hall–Kier alpha value is -1.03. The van der Waals surface area contributed by atoms with Crippen molar-refractivity contribution < 1.29 is 9.90 Å². The van der Waals surface area contributed by atoms with Crippen LogP contribution in [0.25, 0.3) is 0 Å². The molecule has 0 aliphatic heterocycles. The van der Waals surface area contributed by atoms with Gasteiger partial charge in [0.05, 0.1) is 5.92 Å². The third-order valence-electron chi connectivity index (χ3n) is 3.82. The van der Waals surface area contributed by atoms with Gasteiger partial charge in [0.2, 0.25) is 0 Å². The number of unbranched alkanes of at least 4 members (excludes halogenated alkanes) is 6. The summed E-state index contributed by atoms with van der Waals surface area (Å²) in [6, 6.07) is 5.43. The standard InChI is InChI=1S/C17H26BrNO2/c1-2-3-4-5-6-7-8-9-14(17(20)21)15-12-13(18)10-11-16(15)19/h10-12,14H,2-9,19H2,1H3,(H,20,21). The van der Waals surface area contributed by atoms with E-state index in [1.165, 1.54) is 32.1 Å². The summed E-state index contributed by atoms with van der Waals surface area (Å²) in [4.78, 5) is 11.5. The summed E-state index contributed by atoms with van der Waals surface area (Å²) in [5.74, 6) is -1.29. The number of halogens is 1. The maximum Gasteiger partial charge on any atom is 0.311 e. The molecule has 0 spiro atoms. The molecule has 1 aromatic rings. The van der Waals surface area contributed by atoms with Crippen molar-refractivity contribution in [3.8, 4) is 0 Å². The van der Waals surface area contributed by atoms with Gasteiger partial charge in [-0.15, -0.1) is 0 Å². The molecule has 0 aliphatic carbocycles. The summed E-state index contributed by atoms with van der Waals surface area (Å²) in [6.07, 6.45) is 8.98. The zero-order valence-corrected chi connectivity index (χ0v) is 14.4. The minimum absolute atomic E-state index is 0.502. The average molecular weight is 356 g/mol. The molecule has 1 unspecified atom stereocenters. The molecule has 0 saturated carbocycles. The van der Waals surface area contributed by atoms with E-state index in [9.17, 15) is 9.90 Å². The molecule has 3 N–H and O–H groups in total. The highest BCUT2D eigenvalue weighted by Crippen LogP contribution is 2.30. The van der Waals surface area contributed by atoms with Gasteiger partial charge in [-0.05, 0) is 30.2 Å². The molecule has 1 rings (SSSR count). The molecule has 0 saturated heterocycles. The number of carbonyl (C=O) groups is 1. The SMILES string of the molecule is CCCCCCCCCC(C(=O)O)c1cc(Br)ccc1N. The monoisotopic (exact) mass is 355 g/mol. The van der Waals surface area contributed by atoms with E-state index in [1.54, 1.807) is 6.07 Å². The Morgan fingerprint density at radius 1 is 1.19 bits per heavy atom. The summed E-state index contributed by atoms with van der Waals surface area (Å²) >= 11 is 3.38. The number of nitrogens with two attached hydrogens (primary N) is 1. The first kappa shape index (κ1) is 18.0. The van der Waals surface area contributed by atoms with Crippen molar-refractivity contribution in [3.63, 3.8) is 0 Å². The molecule has 0 bridgehead atoms. The van der Waals surface area contributed by atoms with E-state index in [4.69, 9.17) is 5.73 Å². The van der Waals surface area contributed by atoms with Crippen LogP contribution in [0, 0.1) is 0 Å². The van der Waals surface area contributed by atoms with Gasteiger partial charge in [0.1, 0.15) is 0 Å². The van der Waals surface area contributed by atoms with Gasteiger partial charge in [-0.25, -0.2) is 0 Å². The van der Waals surface area contributed by atoms with Gasteiger partial charge < -0.3 is 10.8 Å². The topological polar surface area (TPSA) is 63.3 Å². The van der Waals surface area contributed by atoms with Crippen LogP contribution >= 0.6 is 15.9 Å². The van der Waals surface area contributed by atoms with Crippen molar-refractivity contribution in [2.75, 3.05) is 5.73 Å². The van der Waals surface area contributed by atoms with Crippen molar-refractivity contribution in [2.24, 2.45) is 0 Å². The molecule has 1 aromatic carbocycles. The van der Waals surface area contributed by atoms with Gasteiger partial charge in [0.25, 0.3) is 0 Å². The Morgan fingerprint density at radius 3 is 2.43 bits per heavy atom. The Kier molecular flexibility index (Phi) is 8.43. The maximum atomic E-state index is 11.5. The summed E-state index contributed by atoms with van der Waals surface area (Å²) in [6.45, 7) is 2.21. The Balaban J connectivity index is 2.47. The highest BCUT2D eigenvalue weighted by atomic mass is 79.9. The fourth-order valence-corrected chi connectivity index (χ4v) is 2.94. The minimum Gasteiger partial charge on any atom is -0.481 e. The second kappa shape index (κ2) is 9.82. The predicted molar refractivity (Wildman–Crippen MR) is 91.5 cm³/mol. The van der Waals surface area contributed by atoms with Gasteiger partial charge >= 0.3 is 5.97 Å². The maximum absolute atomic E-state index is 11.5. The number of rotatable bonds is 10. The molecule has 0 heterocycles. The quantitative estimate of drug-likeness (QED) is 0.439. The third kappa shape index (κ3) is 6.51. The third-order valence-corrected chi connectivity index (χ3v) is 4.31. The number of carboxylic acids is 1. The normalized spacial score (nSPS) is 12.3. The molecule has 118 valence electrons. The summed E-state index contributed by atoms with van der Waals surface area (Å²) < 4.78 is 0.873. The molecule has 0 aliphatic rings. The van der Waals surface area contributed by atoms with Crippen LogP contribution in [0.2, 0.25) is 0 Å². The van der Waals surface area contributed by atoms with E-state index in [1.807, 2.05) is 12.1 Å². The van der Waals surface area contributed by atoms with Gasteiger partial charge in [-0.3, -0.25) is 4.79 Å². The van der Waals surface area contributed by atoms with E-state index in [0.717, 1.165) is 22.9 Å². The fourth-order valence-electron chi connectivity index (χ4n) is 2.56. The number of nitrogen functional groups attached to an aromatic ring is 1. The molecular formula is C17H26BrNO2. The first-order valence-electron chi connectivity index (χ1n) is 7.84. The van der Waals surface area contributed by atoms with Crippen LogP contribution in [-0.4, -0.2) is 11.1 Å². The van der Waals surface area contributed by atoms with Crippen LogP contribution in [0.5, 0.6) is 0 Å². The van der Waals surface area contributed by atoms with Crippen LogP contribution in [0.1, 0.15) is 69.8 Å². The number of hydrogen-bond acceptors (Lipinski definition) is 2. The van der Waals surface area contributed by atoms with E-state index in [-0.39, 0.29) is 0 Å². The number of carboxylic acid groups (broad SMARTS) is 1. The van der Waals surface area contributed by atoms with Gasteiger partial charge in [0, 0.05) is 10.2 Å². The predicted octanol–water partition coefficient (Wildman–Crippen LogP) is 5.34. The lowest BCUT2D eigenvalue weighted by molar-refractivity contribution is -0.139. The molecular weight excluding hydrogens is 330 g/mol. The summed E-state index contributed by atoms with van der Waals surface area (Å²) in [5.41, 5.74) is 7.22. The molecule has 21 heavy (non-hydrogen) atoms. The number of benzene rings is 1. The van der Waals surface area contributed by atoms with Crippen molar-refractivity contribution >= 4 is 27.6 Å². The molecule has 0 amide bonds. The summed E-state index contributed by atoms with van der Waals surface area (Å²) in [7, 11) is 0. The number of anilines is 1. The molecule has 1 atom stereocenters. The van der Waals surface area contributed by atoms with Crippen LogP contribution in [0.3, 0.4) is 0 Å². The van der Waals surface area contributed by atoms with Gasteiger partial charge in [-0.2, -0.15) is 0 Å². The fraction of sp³-hybridized carbons (Fsp3) is 0.588. The van der Waals surface area contributed by atoms with Crippen molar-refractivity contribution in [1.29, 1.82) is 0 Å². The number of aliphatic carboxylic acids is 1. The minimum atomic E-state index is -0.786. The zero-order chi connectivity index (χ0) is 15.7. The van der Waals surface area contributed by atoms with E-state index >= 15 is 0 Å². The first-order valence-corrected chi connectivity index (χ1v) is 8.63. The lowest BCUT2D eigenvalue weighted by atomic mass is 9.92. The van der Waals surface area contributed by atoms with Crippen molar-refractivity contribution in [2.45, 2.75) is 64.2 Å². The average Bonchev–Trinajstić information content (AvgIpc) is 2.44. The van der Waals surface area contributed by atoms with E-state index < -0.39 is 11.9 Å². The van der Waals surface area contributed by atoms with Crippen molar-refractivity contribution in [1.82, 2.24) is 0 Å². The zero-order valence-electron chi connectivity index (χ0n) is 12.8. The Bertz CT molecular complexity index is 448. The van der Waals surface area contributed by atoms with Crippen LogP contribution in [0.15, 0.2) is 22.7 Å². The molecule has 0 fully saturated rings. The Morgan fingerprint density at radius 2 is 1.81 bits per heavy atom. The van der Waals surface area contributed by atoms with E-state index in [0.29, 0.717) is 12.1 Å². The van der Waals surface area contributed by atoms with Crippen LogP contribution in [0.4, 0.5) is 5.69 Å². The lowest BCUT2D eigenvalue weighted by Crippen LogP contribution is -2.13. The second-order valence-corrected chi connectivity index (χ2v) is 6.49. The van der Waals surface area contributed by atoms with E-state index in [2.05, 4.69) is 22.9 Å². The molecule has 3 nitrogen and oxygen atoms in total. The van der Waals surface area contributed by atoms with Crippen molar-refractivity contribution in [3.05, 3.63) is 28.2 Å². The first-order chi connectivity index (χ1) is 10.1. The summed E-state index contributed by atoms with van der Waals surface area (Å²) in [5, 5.41) is 9.44. The number of hydrogen-bond donors (Lipinski definition) is 2. The molecule has 4 heteroatoms.